The van der Waals surface area contributed by atoms with Crippen LogP contribution in [0.2, 0.25) is 0 Å². The van der Waals surface area contributed by atoms with E-state index in [1.165, 1.54) is 6.08 Å². The number of nitrogens with zero attached hydrogens (tertiary/aromatic N) is 2. The van der Waals surface area contributed by atoms with Gasteiger partial charge < -0.3 is 9.84 Å². The molecule has 2 aliphatic heterocycles. The number of rotatable bonds is 6. The fourth-order valence-corrected chi connectivity index (χ4v) is 3.82. The Morgan fingerprint density at radius 3 is 2.52 bits per heavy atom. The second kappa shape index (κ2) is 8.29. The summed E-state index contributed by atoms with van der Waals surface area (Å²) in [6.45, 7) is 3.06. The van der Waals surface area contributed by atoms with E-state index in [0.29, 0.717) is 31.1 Å². The van der Waals surface area contributed by atoms with Crippen LogP contribution in [0.5, 0.6) is 0 Å². The molecule has 0 spiro atoms. The van der Waals surface area contributed by atoms with Crippen LogP contribution >= 0.6 is 0 Å². The zero-order valence-electron chi connectivity index (χ0n) is 16.2. The lowest BCUT2D eigenvalue weighted by Crippen LogP contribution is -2.48. The third kappa shape index (κ3) is 4.00. The summed E-state index contributed by atoms with van der Waals surface area (Å²) in [7, 11) is 0. The molecule has 1 N–H and O–H groups in total. The molecule has 6 nitrogen and oxygen atoms in total. The van der Waals surface area contributed by atoms with E-state index in [0.717, 1.165) is 18.7 Å². The highest BCUT2D eigenvalue weighted by Gasteiger charge is 2.50. The first-order valence-corrected chi connectivity index (χ1v) is 9.78. The van der Waals surface area contributed by atoms with E-state index in [1.807, 2.05) is 42.5 Å². The highest BCUT2D eigenvalue weighted by atomic mass is 16.5. The minimum atomic E-state index is -1.85. The summed E-state index contributed by atoms with van der Waals surface area (Å²) in [5, 5.41) is 11.3. The molecular weight excluding hydrogens is 368 g/mol. The summed E-state index contributed by atoms with van der Waals surface area (Å²) < 4.78 is 5.37. The van der Waals surface area contributed by atoms with E-state index in [2.05, 4.69) is 4.90 Å². The van der Waals surface area contributed by atoms with Gasteiger partial charge in [-0.05, 0) is 17.7 Å². The first kappa shape index (κ1) is 19.5. The normalized spacial score (nSPS) is 22.2. The average Bonchev–Trinajstić information content (AvgIpc) is 2.96. The van der Waals surface area contributed by atoms with E-state index < -0.39 is 11.5 Å². The molecule has 0 radical (unpaired) electrons. The number of hydrogen-bond acceptors (Lipinski definition) is 5. The number of amides is 1. The molecule has 2 aromatic rings. The van der Waals surface area contributed by atoms with Gasteiger partial charge in [0.25, 0.3) is 5.91 Å². The van der Waals surface area contributed by atoms with Crippen LogP contribution in [0.3, 0.4) is 0 Å². The lowest BCUT2D eigenvalue weighted by atomic mass is 9.90. The van der Waals surface area contributed by atoms with Crippen molar-refractivity contribution in [2.45, 2.75) is 12.0 Å². The summed E-state index contributed by atoms with van der Waals surface area (Å²) in [5.41, 5.74) is 0.187. The Bertz CT molecular complexity index is 921. The van der Waals surface area contributed by atoms with Crippen LogP contribution in [0.15, 0.2) is 60.7 Å². The molecule has 1 unspecified atom stereocenters. The summed E-state index contributed by atoms with van der Waals surface area (Å²) in [6, 6.07) is 16.6. The second-order valence-corrected chi connectivity index (χ2v) is 7.37. The summed E-state index contributed by atoms with van der Waals surface area (Å²) in [6.07, 6.45) is 2.84. The number of hydrogen-bond donors (Lipinski definition) is 1. The molecule has 0 bridgehead atoms. The number of ketones is 1. The lowest BCUT2D eigenvalue weighted by Gasteiger charge is -2.31. The smallest absolute Gasteiger partial charge is 0.265 e. The van der Waals surface area contributed by atoms with Crippen molar-refractivity contribution in [3.8, 4) is 0 Å². The van der Waals surface area contributed by atoms with E-state index in [9.17, 15) is 14.7 Å². The van der Waals surface area contributed by atoms with Gasteiger partial charge in [0.2, 0.25) is 0 Å². The summed E-state index contributed by atoms with van der Waals surface area (Å²) in [5.74, 6) is -0.751. The predicted molar refractivity (Wildman–Crippen MR) is 110 cm³/mol. The zero-order chi connectivity index (χ0) is 20.3. The minimum Gasteiger partial charge on any atom is -0.379 e. The Balaban J connectivity index is 1.54. The summed E-state index contributed by atoms with van der Waals surface area (Å²) in [4.78, 5) is 29.5. The van der Waals surface area contributed by atoms with Crippen molar-refractivity contribution in [1.82, 2.24) is 4.90 Å². The van der Waals surface area contributed by atoms with Crippen molar-refractivity contribution < 1.29 is 19.4 Å². The fraction of sp³-hybridized carbons (Fsp3) is 0.304. The third-order valence-electron chi connectivity index (χ3n) is 5.38. The number of aliphatic hydroxyl groups is 1. The van der Waals surface area contributed by atoms with Gasteiger partial charge in [0.15, 0.2) is 11.4 Å². The second-order valence-electron chi connectivity index (χ2n) is 7.37. The highest BCUT2D eigenvalue weighted by Crippen LogP contribution is 2.42. The molecule has 1 atom stereocenters. The van der Waals surface area contributed by atoms with Crippen LogP contribution in [0.4, 0.5) is 5.69 Å². The predicted octanol–water partition coefficient (Wildman–Crippen LogP) is 2.18. The maximum atomic E-state index is 13.2. The topological polar surface area (TPSA) is 70.1 Å². The van der Waals surface area contributed by atoms with Crippen LogP contribution in [-0.2, 0) is 19.9 Å². The Hall–Kier alpha value is -2.80. The quantitative estimate of drug-likeness (QED) is 0.763. The molecule has 29 heavy (non-hydrogen) atoms. The van der Waals surface area contributed by atoms with Gasteiger partial charge in [-0.3, -0.25) is 19.4 Å². The molecule has 2 aliphatic rings. The van der Waals surface area contributed by atoms with Gasteiger partial charge in [-0.15, -0.1) is 0 Å². The number of para-hydroxylation sites is 1. The van der Waals surface area contributed by atoms with Crippen LogP contribution in [0, 0.1) is 0 Å². The van der Waals surface area contributed by atoms with Gasteiger partial charge in [-0.2, -0.15) is 0 Å². The van der Waals surface area contributed by atoms with Crippen molar-refractivity contribution in [2.24, 2.45) is 0 Å². The number of carbonyl (C=O) groups excluding carboxylic acids is 2. The van der Waals surface area contributed by atoms with Crippen LogP contribution in [0.1, 0.15) is 17.5 Å². The Kier molecular flexibility index (Phi) is 5.58. The monoisotopic (exact) mass is 392 g/mol. The maximum absolute atomic E-state index is 13.2. The first-order chi connectivity index (χ1) is 14.1. The molecule has 4 rings (SSSR count). The summed E-state index contributed by atoms with van der Waals surface area (Å²) >= 11 is 0. The Morgan fingerprint density at radius 2 is 1.76 bits per heavy atom. The van der Waals surface area contributed by atoms with E-state index in [1.54, 1.807) is 23.1 Å². The zero-order valence-corrected chi connectivity index (χ0v) is 16.2. The van der Waals surface area contributed by atoms with Crippen LogP contribution < -0.4 is 4.90 Å². The average molecular weight is 392 g/mol. The fourth-order valence-electron chi connectivity index (χ4n) is 3.82. The van der Waals surface area contributed by atoms with E-state index >= 15 is 0 Å². The molecule has 2 aromatic carbocycles. The van der Waals surface area contributed by atoms with Crippen LogP contribution in [0.25, 0.3) is 6.08 Å². The molecule has 0 aromatic heterocycles. The number of morpholine rings is 1. The standard InChI is InChI=1S/C23H24N2O4/c26-19(11-10-18-6-2-1-3-7-18)16-23(28)20-8-4-5-9-21(20)25(22(23)27)17-24-12-14-29-15-13-24/h1-11,28H,12-17H2. The number of carbonyl (C=O) groups is 2. The van der Waals surface area contributed by atoms with Gasteiger partial charge in [-0.25, -0.2) is 0 Å². The number of ether oxygens (including phenoxy) is 1. The molecule has 0 saturated carbocycles. The Morgan fingerprint density at radius 1 is 1.07 bits per heavy atom. The Labute approximate surface area is 170 Å². The highest BCUT2D eigenvalue weighted by molar-refractivity contribution is 6.10. The van der Waals surface area contributed by atoms with E-state index in [-0.39, 0.29) is 12.2 Å². The largest absolute Gasteiger partial charge is 0.379 e. The van der Waals surface area contributed by atoms with Gasteiger partial charge in [0, 0.05) is 18.7 Å². The molecule has 6 heteroatoms. The number of benzene rings is 2. The minimum absolute atomic E-state index is 0.286. The molecular formula is C23H24N2O4. The number of fused-ring (bicyclic) bond motifs is 1. The van der Waals surface area contributed by atoms with Crippen molar-refractivity contribution in [3.63, 3.8) is 0 Å². The first-order valence-electron chi connectivity index (χ1n) is 9.78. The van der Waals surface area contributed by atoms with Crippen LogP contribution in [-0.4, -0.2) is 54.7 Å². The van der Waals surface area contributed by atoms with Crippen molar-refractivity contribution in [1.29, 1.82) is 0 Å². The third-order valence-corrected chi connectivity index (χ3v) is 5.38. The molecule has 1 fully saturated rings. The molecule has 1 amide bonds. The molecule has 2 heterocycles. The SMILES string of the molecule is O=C(C=Cc1ccccc1)CC1(O)C(=O)N(CN2CCOCC2)c2ccccc21. The maximum Gasteiger partial charge on any atom is 0.265 e. The number of allylic oxidation sites excluding steroid dienone is 1. The molecule has 150 valence electrons. The van der Waals surface area contributed by atoms with Crippen molar-refractivity contribution >= 4 is 23.5 Å². The van der Waals surface area contributed by atoms with Gasteiger partial charge in [0.1, 0.15) is 0 Å². The molecule has 1 saturated heterocycles. The van der Waals surface area contributed by atoms with Crippen molar-refractivity contribution in [3.05, 3.63) is 71.8 Å². The molecule has 0 aliphatic carbocycles. The van der Waals surface area contributed by atoms with Crippen molar-refractivity contribution in [2.75, 3.05) is 37.9 Å². The number of anilines is 1. The lowest BCUT2D eigenvalue weighted by molar-refractivity contribution is -0.141. The van der Waals surface area contributed by atoms with E-state index in [4.69, 9.17) is 4.74 Å². The van der Waals surface area contributed by atoms with Gasteiger partial charge >= 0.3 is 0 Å². The van der Waals surface area contributed by atoms with Gasteiger partial charge in [-0.1, -0.05) is 54.6 Å². The van der Waals surface area contributed by atoms with Gasteiger partial charge in [0.05, 0.1) is 32.0 Å².